The molecule has 0 spiro atoms. The summed E-state index contributed by atoms with van der Waals surface area (Å²) in [7, 11) is -2.06. The smallest absolute Gasteiger partial charge is 0.240 e. The quantitative estimate of drug-likeness (QED) is 0.519. The van der Waals surface area contributed by atoms with Crippen LogP contribution in [0, 0.1) is 11.3 Å². The van der Waals surface area contributed by atoms with Crippen molar-refractivity contribution in [2.24, 2.45) is 11.7 Å². The Kier molecular flexibility index (Phi) is 4.69. The lowest BCUT2D eigenvalue weighted by Gasteiger charge is -2.11. The van der Waals surface area contributed by atoms with Crippen LogP contribution >= 0.6 is 0 Å². The molecule has 1 aromatic carbocycles. The standard InChI is InChI=1S/C11H17N3O3S/c1-8(11(12)13)7-14-18(15,16)10-5-3-9(17-2)4-6-10/h3-6,8,14H,7H2,1-2H3,(H3,12,13). The molecule has 0 aromatic heterocycles. The van der Waals surface area contributed by atoms with Crippen LogP contribution in [0.3, 0.4) is 0 Å². The van der Waals surface area contributed by atoms with Gasteiger partial charge in [0.2, 0.25) is 10.0 Å². The van der Waals surface area contributed by atoms with Crippen molar-refractivity contribution in [3.8, 4) is 5.75 Å². The number of rotatable bonds is 6. The predicted octanol–water partition coefficient (Wildman–Crippen LogP) is 0.546. The molecule has 6 nitrogen and oxygen atoms in total. The number of ether oxygens (including phenoxy) is 1. The summed E-state index contributed by atoms with van der Waals surface area (Å²) in [5.41, 5.74) is 5.27. The fourth-order valence-electron chi connectivity index (χ4n) is 1.18. The van der Waals surface area contributed by atoms with Gasteiger partial charge in [-0.15, -0.1) is 0 Å². The van der Waals surface area contributed by atoms with Gasteiger partial charge in [-0.3, -0.25) is 5.41 Å². The van der Waals surface area contributed by atoms with Gasteiger partial charge < -0.3 is 10.5 Å². The first-order valence-electron chi connectivity index (χ1n) is 5.34. The zero-order valence-corrected chi connectivity index (χ0v) is 11.1. The Morgan fingerprint density at radius 2 is 2.00 bits per heavy atom. The molecule has 7 heteroatoms. The van der Waals surface area contributed by atoms with Gasteiger partial charge in [-0.05, 0) is 24.3 Å². The highest BCUT2D eigenvalue weighted by atomic mass is 32.2. The third-order valence-corrected chi connectivity index (χ3v) is 3.92. The molecule has 1 unspecified atom stereocenters. The summed E-state index contributed by atoms with van der Waals surface area (Å²) < 4.78 is 31.1. The van der Waals surface area contributed by atoms with Gasteiger partial charge in [0.15, 0.2) is 0 Å². The highest BCUT2D eigenvalue weighted by Gasteiger charge is 2.16. The molecule has 0 amide bonds. The van der Waals surface area contributed by atoms with Crippen LogP contribution in [-0.4, -0.2) is 27.9 Å². The first-order valence-corrected chi connectivity index (χ1v) is 6.82. The molecule has 0 bridgehead atoms. The monoisotopic (exact) mass is 271 g/mol. The molecule has 0 saturated heterocycles. The second-order valence-electron chi connectivity index (χ2n) is 3.88. The van der Waals surface area contributed by atoms with Crippen molar-refractivity contribution in [3.63, 3.8) is 0 Å². The molecular formula is C11H17N3O3S. The highest BCUT2D eigenvalue weighted by molar-refractivity contribution is 7.89. The van der Waals surface area contributed by atoms with Crippen LogP contribution in [-0.2, 0) is 10.0 Å². The van der Waals surface area contributed by atoms with E-state index in [4.69, 9.17) is 15.9 Å². The van der Waals surface area contributed by atoms with Crippen LogP contribution in [0.5, 0.6) is 5.75 Å². The molecule has 0 aliphatic carbocycles. The van der Waals surface area contributed by atoms with Crippen LogP contribution in [0.25, 0.3) is 0 Å². The largest absolute Gasteiger partial charge is 0.497 e. The molecule has 4 N–H and O–H groups in total. The van der Waals surface area contributed by atoms with Crippen LogP contribution < -0.4 is 15.2 Å². The lowest BCUT2D eigenvalue weighted by Crippen LogP contribution is -2.34. The summed E-state index contributed by atoms with van der Waals surface area (Å²) in [6, 6.07) is 6.06. The average Bonchev–Trinajstić information content (AvgIpc) is 2.36. The maximum atomic E-state index is 11.9. The Balaban J connectivity index is 2.76. The number of nitrogens with one attached hydrogen (secondary N) is 2. The van der Waals surface area contributed by atoms with Crippen molar-refractivity contribution in [2.75, 3.05) is 13.7 Å². The Morgan fingerprint density at radius 3 is 2.44 bits per heavy atom. The van der Waals surface area contributed by atoms with Gasteiger partial charge in [0.05, 0.1) is 17.8 Å². The maximum Gasteiger partial charge on any atom is 0.240 e. The van der Waals surface area contributed by atoms with E-state index in [2.05, 4.69) is 4.72 Å². The SMILES string of the molecule is COc1ccc(S(=O)(=O)NCC(C)C(=N)N)cc1. The number of hydrogen-bond donors (Lipinski definition) is 3. The van der Waals surface area contributed by atoms with Crippen LogP contribution in [0.1, 0.15) is 6.92 Å². The molecule has 1 aromatic rings. The zero-order valence-electron chi connectivity index (χ0n) is 10.3. The predicted molar refractivity (Wildman–Crippen MR) is 69.3 cm³/mol. The maximum absolute atomic E-state index is 11.9. The Hall–Kier alpha value is -1.60. The third-order valence-electron chi connectivity index (χ3n) is 2.48. The second-order valence-corrected chi connectivity index (χ2v) is 5.65. The zero-order chi connectivity index (χ0) is 13.8. The summed E-state index contributed by atoms with van der Waals surface area (Å²) in [4.78, 5) is 0.152. The van der Waals surface area contributed by atoms with E-state index in [1.54, 1.807) is 19.1 Å². The topological polar surface area (TPSA) is 105 Å². The first-order chi connectivity index (χ1) is 8.36. The molecular weight excluding hydrogens is 254 g/mol. The number of nitrogens with two attached hydrogens (primary N) is 1. The van der Waals surface area contributed by atoms with Crippen molar-refractivity contribution in [3.05, 3.63) is 24.3 Å². The summed E-state index contributed by atoms with van der Waals surface area (Å²) >= 11 is 0. The third kappa shape index (κ3) is 3.71. The summed E-state index contributed by atoms with van der Waals surface area (Å²) in [5, 5.41) is 7.19. The van der Waals surface area contributed by atoms with Crippen molar-refractivity contribution < 1.29 is 13.2 Å². The van der Waals surface area contributed by atoms with Crippen molar-refractivity contribution >= 4 is 15.9 Å². The number of amidine groups is 1. The number of hydrogen-bond acceptors (Lipinski definition) is 4. The average molecular weight is 271 g/mol. The van der Waals surface area contributed by atoms with Crippen LogP contribution in [0.4, 0.5) is 0 Å². The van der Waals surface area contributed by atoms with Gasteiger partial charge in [-0.2, -0.15) is 0 Å². The Morgan fingerprint density at radius 1 is 1.44 bits per heavy atom. The van der Waals surface area contributed by atoms with E-state index in [1.165, 1.54) is 19.2 Å². The van der Waals surface area contributed by atoms with Crippen LogP contribution in [0.15, 0.2) is 29.2 Å². The fourth-order valence-corrected chi connectivity index (χ4v) is 2.31. The first kappa shape index (κ1) is 14.5. The minimum Gasteiger partial charge on any atom is -0.497 e. The molecule has 0 saturated carbocycles. The van der Waals surface area contributed by atoms with Gasteiger partial charge in [-0.1, -0.05) is 6.92 Å². The van der Waals surface area contributed by atoms with E-state index in [9.17, 15) is 8.42 Å². The van der Waals surface area contributed by atoms with E-state index < -0.39 is 10.0 Å². The Labute approximate surface area is 107 Å². The minimum absolute atomic E-state index is 0.0487. The van der Waals surface area contributed by atoms with E-state index in [0.29, 0.717) is 5.75 Å². The summed E-state index contributed by atoms with van der Waals surface area (Å²) in [5.74, 6) is 0.205. The van der Waals surface area contributed by atoms with E-state index >= 15 is 0 Å². The number of methoxy groups -OCH3 is 1. The van der Waals surface area contributed by atoms with Crippen LogP contribution in [0.2, 0.25) is 0 Å². The fraction of sp³-hybridized carbons (Fsp3) is 0.364. The summed E-state index contributed by atoms with van der Waals surface area (Å²) in [6.07, 6.45) is 0. The Bertz CT molecular complexity index is 511. The molecule has 0 radical (unpaired) electrons. The second kappa shape index (κ2) is 5.83. The van der Waals surface area contributed by atoms with Crippen molar-refractivity contribution in [1.29, 1.82) is 5.41 Å². The molecule has 0 aliphatic heterocycles. The van der Waals surface area contributed by atoms with Gasteiger partial charge in [0, 0.05) is 12.5 Å². The molecule has 0 aliphatic rings. The highest BCUT2D eigenvalue weighted by Crippen LogP contribution is 2.15. The lowest BCUT2D eigenvalue weighted by molar-refractivity contribution is 0.414. The molecule has 100 valence electrons. The van der Waals surface area contributed by atoms with Gasteiger partial charge >= 0.3 is 0 Å². The molecule has 1 rings (SSSR count). The van der Waals surface area contributed by atoms with Gasteiger partial charge in [-0.25, -0.2) is 13.1 Å². The summed E-state index contributed by atoms with van der Waals surface area (Å²) in [6.45, 7) is 1.78. The normalized spacial score (nSPS) is 13.0. The molecule has 1 atom stereocenters. The van der Waals surface area contributed by atoms with Crippen molar-refractivity contribution in [1.82, 2.24) is 4.72 Å². The molecule has 18 heavy (non-hydrogen) atoms. The van der Waals surface area contributed by atoms with E-state index in [0.717, 1.165) is 0 Å². The van der Waals surface area contributed by atoms with E-state index in [1.807, 2.05) is 0 Å². The number of benzene rings is 1. The molecule has 0 heterocycles. The van der Waals surface area contributed by atoms with Gasteiger partial charge in [0.25, 0.3) is 0 Å². The van der Waals surface area contributed by atoms with Gasteiger partial charge in [0.1, 0.15) is 5.75 Å². The van der Waals surface area contributed by atoms with E-state index in [-0.39, 0.29) is 23.2 Å². The lowest BCUT2D eigenvalue weighted by atomic mass is 10.2. The minimum atomic E-state index is -3.57. The van der Waals surface area contributed by atoms with Crippen molar-refractivity contribution in [2.45, 2.75) is 11.8 Å². The molecule has 0 fully saturated rings. The number of sulfonamides is 1.